The molecule has 0 bridgehead atoms. The van der Waals surface area contributed by atoms with Crippen molar-refractivity contribution >= 4 is 45.1 Å². The summed E-state index contributed by atoms with van der Waals surface area (Å²) in [7, 11) is 0. The summed E-state index contributed by atoms with van der Waals surface area (Å²) in [6.45, 7) is 0. The van der Waals surface area contributed by atoms with Crippen LogP contribution in [0.1, 0.15) is 10.4 Å². The lowest BCUT2D eigenvalue weighted by atomic mass is 10.1. The number of hydrogen-bond acceptors (Lipinski definition) is 3. The van der Waals surface area contributed by atoms with E-state index >= 15 is 0 Å². The van der Waals surface area contributed by atoms with Crippen LogP contribution in [0.2, 0.25) is 0 Å². The number of aromatic nitrogens is 1. The van der Waals surface area contributed by atoms with Gasteiger partial charge in [-0.25, -0.2) is 4.39 Å². The molecule has 1 amide bonds. The minimum absolute atomic E-state index is 0.0455. The quantitative estimate of drug-likeness (QED) is 0.632. The molecule has 3 rings (SSSR count). The molecular weight excluding hydrogens is 398 g/mol. The first-order valence-electron chi connectivity index (χ1n) is 6.39. The lowest BCUT2D eigenvalue weighted by molar-refractivity contribution is 0.102. The summed E-state index contributed by atoms with van der Waals surface area (Å²) >= 11 is 1.98. The van der Waals surface area contributed by atoms with Gasteiger partial charge in [-0.05, 0) is 52.9 Å². The highest BCUT2D eigenvalue weighted by Crippen LogP contribution is 2.28. The van der Waals surface area contributed by atoms with Crippen LogP contribution in [0, 0.1) is 9.39 Å². The second-order valence-electron chi connectivity index (χ2n) is 4.62. The second-order valence-corrected chi connectivity index (χ2v) is 5.86. The van der Waals surface area contributed by atoms with Gasteiger partial charge >= 0.3 is 0 Å². The molecule has 1 aromatic heterocycles. The Morgan fingerprint density at radius 3 is 2.82 bits per heavy atom. The molecule has 0 atom stereocenters. The maximum atomic E-state index is 13.8. The van der Waals surface area contributed by atoms with Crippen LogP contribution in [0.3, 0.4) is 0 Å². The molecule has 0 aliphatic carbocycles. The van der Waals surface area contributed by atoms with Gasteiger partial charge in [-0.15, -0.1) is 0 Å². The number of hydrogen-bond donors (Lipinski definition) is 2. The third-order valence-corrected chi connectivity index (χ3v) is 3.84. The van der Waals surface area contributed by atoms with Crippen LogP contribution in [-0.4, -0.2) is 16.0 Å². The van der Waals surface area contributed by atoms with Crippen molar-refractivity contribution in [1.82, 2.24) is 4.98 Å². The number of carbonyl (C=O) groups is 1. The van der Waals surface area contributed by atoms with Gasteiger partial charge < -0.3 is 10.4 Å². The van der Waals surface area contributed by atoms with Crippen LogP contribution < -0.4 is 5.32 Å². The molecule has 4 nitrogen and oxygen atoms in total. The van der Waals surface area contributed by atoms with Gasteiger partial charge in [-0.1, -0.05) is 12.1 Å². The summed E-state index contributed by atoms with van der Waals surface area (Å²) in [6, 6.07) is 11.2. The lowest BCUT2D eigenvalue weighted by Crippen LogP contribution is -2.13. The van der Waals surface area contributed by atoms with Crippen LogP contribution >= 0.6 is 22.6 Å². The van der Waals surface area contributed by atoms with Gasteiger partial charge in [0.2, 0.25) is 0 Å². The largest absolute Gasteiger partial charge is 0.505 e. The first-order valence-corrected chi connectivity index (χ1v) is 7.47. The van der Waals surface area contributed by atoms with E-state index < -0.39 is 11.7 Å². The normalized spacial score (nSPS) is 10.6. The van der Waals surface area contributed by atoms with Gasteiger partial charge in [0.25, 0.3) is 5.91 Å². The highest BCUT2D eigenvalue weighted by molar-refractivity contribution is 14.1. The number of aromatic hydroxyl groups is 1. The zero-order valence-corrected chi connectivity index (χ0v) is 13.3. The van der Waals surface area contributed by atoms with Gasteiger partial charge in [0.05, 0.1) is 11.3 Å². The molecule has 0 aliphatic rings. The maximum Gasteiger partial charge on any atom is 0.259 e. The van der Waals surface area contributed by atoms with Crippen LogP contribution in [0.25, 0.3) is 10.9 Å². The number of nitrogens with one attached hydrogen (secondary N) is 1. The number of phenolic OH excluding ortho intramolecular Hbond substituents is 1. The first-order chi connectivity index (χ1) is 10.6. The number of phenols is 1. The minimum Gasteiger partial charge on any atom is -0.505 e. The smallest absolute Gasteiger partial charge is 0.259 e. The molecule has 2 N–H and O–H groups in total. The zero-order valence-electron chi connectivity index (χ0n) is 11.2. The van der Waals surface area contributed by atoms with E-state index in [2.05, 4.69) is 10.3 Å². The predicted octanol–water partition coefficient (Wildman–Crippen LogP) is 3.94. The topological polar surface area (TPSA) is 62.2 Å². The molecule has 0 saturated heterocycles. The number of halogens is 2. The monoisotopic (exact) mass is 408 g/mol. The summed E-state index contributed by atoms with van der Waals surface area (Å²) in [5.41, 5.74) is 0.438. The fraction of sp³-hybridized carbons (Fsp3) is 0. The van der Waals surface area contributed by atoms with E-state index in [1.165, 1.54) is 24.4 Å². The number of fused-ring (bicyclic) bond motifs is 1. The van der Waals surface area contributed by atoms with E-state index in [9.17, 15) is 14.3 Å². The van der Waals surface area contributed by atoms with Crippen LogP contribution in [0.5, 0.6) is 5.75 Å². The van der Waals surface area contributed by atoms with Crippen molar-refractivity contribution in [2.24, 2.45) is 0 Å². The molecule has 0 unspecified atom stereocenters. The zero-order chi connectivity index (χ0) is 15.7. The number of amides is 1. The molecule has 1 heterocycles. The number of nitrogens with zero attached hydrogens (tertiary/aromatic N) is 1. The third-order valence-electron chi connectivity index (χ3n) is 3.17. The Morgan fingerprint density at radius 1 is 1.23 bits per heavy atom. The van der Waals surface area contributed by atoms with E-state index in [-0.39, 0.29) is 17.0 Å². The van der Waals surface area contributed by atoms with Crippen molar-refractivity contribution < 1.29 is 14.3 Å². The van der Waals surface area contributed by atoms with Gasteiger partial charge in [-0.3, -0.25) is 9.78 Å². The number of pyridine rings is 1. The van der Waals surface area contributed by atoms with E-state index in [1.807, 2.05) is 22.6 Å². The number of anilines is 1. The number of carbonyl (C=O) groups excluding carboxylic acids is 1. The second kappa shape index (κ2) is 5.88. The Kier molecular flexibility index (Phi) is 3.93. The van der Waals surface area contributed by atoms with Crippen molar-refractivity contribution in [2.45, 2.75) is 0 Å². The Bertz CT molecular complexity index is 883. The third kappa shape index (κ3) is 2.74. The van der Waals surface area contributed by atoms with Crippen molar-refractivity contribution in [3.63, 3.8) is 0 Å². The molecule has 110 valence electrons. The molecule has 22 heavy (non-hydrogen) atoms. The molecular formula is C16H10FIN2O2. The average molecular weight is 408 g/mol. The highest BCUT2D eigenvalue weighted by Gasteiger charge is 2.16. The molecule has 0 radical (unpaired) electrons. The molecule has 0 fully saturated rings. The van der Waals surface area contributed by atoms with Gasteiger partial charge in [-0.2, -0.15) is 0 Å². The first kappa shape index (κ1) is 14.7. The van der Waals surface area contributed by atoms with E-state index in [4.69, 9.17) is 0 Å². The summed E-state index contributed by atoms with van der Waals surface area (Å²) in [4.78, 5) is 16.3. The molecule has 6 heteroatoms. The maximum absolute atomic E-state index is 13.8. The molecule has 0 saturated carbocycles. The standard InChI is InChI=1S/C16H10FIN2O2/c17-12-8-10(18)4-6-13(12)20-16(22)11-5-3-9-2-1-7-19-14(9)15(11)21/h1-8,21H,(H,20,22). The van der Waals surface area contributed by atoms with Crippen molar-refractivity contribution in [1.29, 1.82) is 0 Å². The molecule has 0 spiro atoms. The van der Waals surface area contributed by atoms with Crippen LogP contribution in [0.15, 0.2) is 48.7 Å². The Labute approximate surface area is 139 Å². The van der Waals surface area contributed by atoms with E-state index in [0.29, 0.717) is 5.52 Å². The average Bonchev–Trinajstić information content (AvgIpc) is 2.50. The fourth-order valence-corrected chi connectivity index (χ4v) is 2.55. The molecule has 3 aromatic rings. The Hall–Kier alpha value is -2.22. The Balaban J connectivity index is 1.97. The van der Waals surface area contributed by atoms with E-state index in [1.54, 1.807) is 24.3 Å². The lowest BCUT2D eigenvalue weighted by Gasteiger charge is -2.09. The fourth-order valence-electron chi connectivity index (χ4n) is 2.09. The van der Waals surface area contributed by atoms with Crippen molar-refractivity contribution in [2.75, 3.05) is 5.32 Å². The number of rotatable bonds is 2. The van der Waals surface area contributed by atoms with Gasteiger partial charge in [0, 0.05) is 15.2 Å². The predicted molar refractivity (Wildman–Crippen MR) is 90.5 cm³/mol. The SMILES string of the molecule is O=C(Nc1ccc(I)cc1F)c1ccc2cccnc2c1O. The van der Waals surface area contributed by atoms with Crippen LogP contribution in [-0.2, 0) is 0 Å². The van der Waals surface area contributed by atoms with Crippen molar-refractivity contribution in [3.05, 3.63) is 63.6 Å². The molecule has 2 aromatic carbocycles. The summed E-state index contributed by atoms with van der Waals surface area (Å²) in [5, 5.41) is 13.4. The van der Waals surface area contributed by atoms with E-state index in [0.717, 1.165) is 8.96 Å². The summed E-state index contributed by atoms with van der Waals surface area (Å²) in [6.07, 6.45) is 1.53. The van der Waals surface area contributed by atoms with Gasteiger partial charge in [0.15, 0.2) is 5.75 Å². The molecule has 0 aliphatic heterocycles. The van der Waals surface area contributed by atoms with Crippen LogP contribution in [0.4, 0.5) is 10.1 Å². The van der Waals surface area contributed by atoms with Gasteiger partial charge in [0.1, 0.15) is 11.3 Å². The summed E-state index contributed by atoms with van der Waals surface area (Å²) in [5.74, 6) is -1.34. The Morgan fingerprint density at radius 2 is 2.05 bits per heavy atom. The number of benzene rings is 2. The van der Waals surface area contributed by atoms with Crippen molar-refractivity contribution in [3.8, 4) is 5.75 Å². The minimum atomic E-state index is -0.592. The summed E-state index contributed by atoms with van der Waals surface area (Å²) < 4.78 is 14.5. The highest BCUT2D eigenvalue weighted by atomic mass is 127.